The lowest BCUT2D eigenvalue weighted by Gasteiger charge is -2.43. The molecule has 2 fully saturated rings. The van der Waals surface area contributed by atoms with Gasteiger partial charge < -0.3 is 19.0 Å². The first kappa shape index (κ1) is 26.3. The van der Waals surface area contributed by atoms with Crippen LogP contribution in [0, 0.1) is 5.92 Å². The topological polar surface area (TPSA) is 78.6 Å². The Hall–Kier alpha value is -2.36. The molecule has 2 heterocycles. The summed E-state index contributed by atoms with van der Waals surface area (Å²) < 4.78 is 22.0. The van der Waals surface area contributed by atoms with Crippen molar-refractivity contribution in [2.75, 3.05) is 13.2 Å². The van der Waals surface area contributed by atoms with Crippen LogP contribution in [-0.2, 0) is 20.3 Å². The van der Waals surface area contributed by atoms with Gasteiger partial charge in [0.1, 0.15) is 6.10 Å². The van der Waals surface area contributed by atoms with Crippen LogP contribution in [0.2, 0.25) is 5.04 Å². The number of benzene rings is 2. The molecule has 0 radical (unpaired) electrons. The molecule has 1 N–H and O–H groups in total. The van der Waals surface area contributed by atoms with Crippen molar-refractivity contribution in [3.8, 4) is 0 Å². The fourth-order valence-electron chi connectivity index (χ4n) is 6.18. The second kappa shape index (κ2) is 10.1. The fourth-order valence-corrected chi connectivity index (χ4v) is 10.8. The quantitative estimate of drug-likeness (QED) is 0.458. The molecule has 37 heavy (non-hydrogen) atoms. The van der Waals surface area contributed by atoms with Gasteiger partial charge in [0.15, 0.2) is 5.79 Å². The third-order valence-corrected chi connectivity index (χ3v) is 12.8. The Morgan fingerprint density at radius 2 is 1.59 bits per heavy atom. The van der Waals surface area contributed by atoms with E-state index in [4.69, 9.17) is 13.9 Å². The summed E-state index contributed by atoms with van der Waals surface area (Å²) in [5.74, 6) is -0.526. The van der Waals surface area contributed by atoms with Crippen LogP contribution in [0.1, 0.15) is 52.8 Å². The number of aromatic nitrogens is 3. The molecule has 0 spiro atoms. The molecular formula is C29H39N3O4Si. The predicted molar refractivity (Wildman–Crippen MR) is 145 cm³/mol. The van der Waals surface area contributed by atoms with Crippen LogP contribution in [0.3, 0.4) is 0 Å². The lowest BCUT2D eigenvalue weighted by molar-refractivity contribution is -0.161. The number of aliphatic hydroxyl groups is 1. The fraction of sp³-hybridized carbons (Fsp3) is 0.517. The van der Waals surface area contributed by atoms with Gasteiger partial charge in [-0.2, -0.15) is 0 Å². The van der Waals surface area contributed by atoms with Gasteiger partial charge in [0.2, 0.25) is 0 Å². The van der Waals surface area contributed by atoms with E-state index in [9.17, 15) is 5.11 Å². The monoisotopic (exact) mass is 521 g/mol. The Morgan fingerprint density at radius 3 is 2.16 bits per heavy atom. The van der Waals surface area contributed by atoms with Crippen LogP contribution in [0.25, 0.3) is 0 Å². The first-order chi connectivity index (χ1) is 17.6. The molecule has 8 heteroatoms. The Morgan fingerprint density at radius 1 is 1.00 bits per heavy atom. The van der Waals surface area contributed by atoms with Crippen LogP contribution in [0.4, 0.5) is 0 Å². The zero-order valence-corrected chi connectivity index (χ0v) is 23.5. The van der Waals surface area contributed by atoms with Crippen molar-refractivity contribution in [1.82, 2.24) is 15.0 Å². The lowest BCUT2D eigenvalue weighted by atomic mass is 10.1. The molecule has 3 aromatic rings. The van der Waals surface area contributed by atoms with E-state index in [1.165, 1.54) is 10.4 Å². The number of nitrogens with zero attached hydrogens (tertiary/aromatic N) is 3. The van der Waals surface area contributed by atoms with Crippen LogP contribution in [-0.4, -0.2) is 59.6 Å². The van der Waals surface area contributed by atoms with Crippen molar-refractivity contribution < 1.29 is 19.0 Å². The van der Waals surface area contributed by atoms with E-state index in [0.717, 1.165) is 12.1 Å². The van der Waals surface area contributed by atoms with Gasteiger partial charge in [-0.15, -0.1) is 5.10 Å². The van der Waals surface area contributed by atoms with E-state index in [-0.39, 0.29) is 35.8 Å². The summed E-state index contributed by atoms with van der Waals surface area (Å²) in [6.45, 7) is 11.5. The van der Waals surface area contributed by atoms with Gasteiger partial charge in [-0.3, -0.25) is 0 Å². The third kappa shape index (κ3) is 4.93. The number of ether oxygens (including phenoxy) is 2. The van der Waals surface area contributed by atoms with Gasteiger partial charge in [0.25, 0.3) is 8.32 Å². The lowest BCUT2D eigenvalue weighted by Crippen LogP contribution is -2.67. The highest BCUT2D eigenvalue weighted by Crippen LogP contribution is 2.47. The Bertz CT molecular complexity index is 1140. The summed E-state index contributed by atoms with van der Waals surface area (Å²) in [6, 6.07) is 21.5. The summed E-state index contributed by atoms with van der Waals surface area (Å²) in [4.78, 5) is 0. The van der Waals surface area contributed by atoms with Gasteiger partial charge in [-0.1, -0.05) is 86.6 Å². The zero-order chi connectivity index (χ0) is 26.3. The maximum absolute atomic E-state index is 9.32. The van der Waals surface area contributed by atoms with Crippen molar-refractivity contribution in [1.29, 1.82) is 0 Å². The number of hydrogen-bond donors (Lipinski definition) is 1. The van der Waals surface area contributed by atoms with Crippen molar-refractivity contribution in [3.05, 3.63) is 72.6 Å². The molecule has 1 saturated heterocycles. The molecule has 7 nitrogen and oxygen atoms in total. The Kier molecular flexibility index (Phi) is 7.15. The minimum atomic E-state index is -2.66. The molecule has 0 bridgehead atoms. The van der Waals surface area contributed by atoms with E-state index in [0.29, 0.717) is 13.0 Å². The molecule has 4 atom stereocenters. The van der Waals surface area contributed by atoms with Gasteiger partial charge >= 0.3 is 0 Å². The van der Waals surface area contributed by atoms with Crippen LogP contribution >= 0.6 is 0 Å². The summed E-state index contributed by atoms with van der Waals surface area (Å²) in [5, 5.41) is 20.4. The van der Waals surface area contributed by atoms with Gasteiger partial charge in [-0.25, -0.2) is 4.68 Å². The Labute approximate surface area is 220 Å². The van der Waals surface area contributed by atoms with Crippen molar-refractivity contribution in [3.63, 3.8) is 0 Å². The highest BCUT2D eigenvalue weighted by molar-refractivity contribution is 6.99. The highest BCUT2D eigenvalue weighted by atomic mass is 28.4. The number of aliphatic hydroxyl groups excluding tert-OH is 1. The van der Waals surface area contributed by atoms with E-state index in [1.807, 2.05) is 24.7 Å². The average Bonchev–Trinajstić information content (AvgIpc) is 3.54. The van der Waals surface area contributed by atoms with E-state index < -0.39 is 14.1 Å². The molecule has 5 rings (SSSR count). The van der Waals surface area contributed by atoms with Crippen molar-refractivity contribution in [2.45, 2.75) is 76.5 Å². The molecule has 1 aromatic heterocycles. The molecule has 1 aliphatic heterocycles. The highest BCUT2D eigenvalue weighted by Gasteiger charge is 2.57. The summed E-state index contributed by atoms with van der Waals surface area (Å²) in [5.41, 5.74) is 0.782. The largest absolute Gasteiger partial charge is 0.407 e. The van der Waals surface area contributed by atoms with Crippen molar-refractivity contribution in [2.24, 2.45) is 5.92 Å². The summed E-state index contributed by atoms with van der Waals surface area (Å²) in [6.07, 6.45) is 3.02. The SMILES string of the molecule is CC1(C)O[C@@H]2[C@@H](CO[Si](c3ccccc3)(c3ccccc3)C(C)(C)C)C[C@@H](n3cc(CCO)nn3)[C@@H]2O1. The number of rotatable bonds is 8. The molecule has 1 aliphatic carbocycles. The second-order valence-electron chi connectivity index (χ2n) is 11.8. The van der Waals surface area contributed by atoms with E-state index in [1.54, 1.807) is 0 Å². The molecule has 2 aliphatic rings. The number of fused-ring (bicyclic) bond motifs is 1. The van der Waals surface area contributed by atoms with Crippen LogP contribution in [0.15, 0.2) is 66.9 Å². The third-order valence-electron chi connectivity index (χ3n) is 7.75. The van der Waals surface area contributed by atoms with Gasteiger partial charge in [0, 0.05) is 31.7 Å². The molecule has 198 valence electrons. The Balaban J connectivity index is 1.48. The van der Waals surface area contributed by atoms with Crippen LogP contribution in [0.5, 0.6) is 0 Å². The molecule has 0 unspecified atom stereocenters. The molecular weight excluding hydrogens is 482 g/mol. The summed E-state index contributed by atoms with van der Waals surface area (Å²) >= 11 is 0. The minimum Gasteiger partial charge on any atom is -0.407 e. The average molecular weight is 522 g/mol. The minimum absolute atomic E-state index is 0.000489. The number of hydrogen-bond acceptors (Lipinski definition) is 6. The standard InChI is InChI=1S/C29H39N3O4Si/c1-28(2,3)37(23-12-8-6-9-13-23,24-14-10-7-11-15-24)34-20-21-18-25(27-26(21)35-29(4,5)36-27)32-19-22(16-17-33)30-31-32/h6-15,19,21,25-27,33H,16-18,20H2,1-5H3/t21-,25-,26-,27+/m1/s1. The smallest absolute Gasteiger partial charge is 0.261 e. The first-order valence-corrected chi connectivity index (χ1v) is 15.2. The normalized spacial score (nSPS) is 25.4. The molecule has 1 saturated carbocycles. The molecule has 2 aromatic carbocycles. The zero-order valence-electron chi connectivity index (χ0n) is 22.5. The maximum atomic E-state index is 9.32. The summed E-state index contributed by atoms with van der Waals surface area (Å²) in [7, 11) is -2.66. The van der Waals surface area contributed by atoms with E-state index in [2.05, 4.69) is 91.7 Å². The van der Waals surface area contributed by atoms with E-state index >= 15 is 0 Å². The van der Waals surface area contributed by atoms with Gasteiger partial charge in [-0.05, 0) is 35.7 Å². The predicted octanol–water partition coefficient (Wildman–Crippen LogP) is 3.47. The van der Waals surface area contributed by atoms with Crippen LogP contribution < -0.4 is 10.4 Å². The first-order valence-electron chi connectivity index (χ1n) is 13.3. The molecule has 0 amide bonds. The maximum Gasteiger partial charge on any atom is 0.261 e. The van der Waals surface area contributed by atoms with Gasteiger partial charge in [0.05, 0.1) is 17.8 Å². The second-order valence-corrected chi connectivity index (χ2v) is 16.1. The van der Waals surface area contributed by atoms with Crippen molar-refractivity contribution >= 4 is 18.7 Å².